The van der Waals surface area contributed by atoms with Crippen molar-refractivity contribution in [2.24, 2.45) is 5.92 Å². The quantitative estimate of drug-likeness (QED) is 0.475. The third kappa shape index (κ3) is 5.17. The molecule has 0 saturated carbocycles. The first-order valence-corrected chi connectivity index (χ1v) is 4.46. The summed E-state index contributed by atoms with van der Waals surface area (Å²) in [4.78, 5) is 0. The van der Waals surface area contributed by atoms with Crippen LogP contribution in [0.25, 0.3) is 0 Å². The number of aliphatic hydroxyl groups is 1. The van der Waals surface area contributed by atoms with Crippen molar-refractivity contribution < 1.29 is 5.11 Å². The van der Waals surface area contributed by atoms with Gasteiger partial charge in [-0.25, -0.2) is 0 Å². The van der Waals surface area contributed by atoms with E-state index in [1.807, 2.05) is 13.8 Å². The molecule has 2 atom stereocenters. The highest BCUT2D eigenvalue weighted by atomic mass is 16.3. The van der Waals surface area contributed by atoms with Crippen molar-refractivity contribution in [1.82, 2.24) is 5.32 Å². The summed E-state index contributed by atoms with van der Waals surface area (Å²) in [6.45, 7) is 7.11. The van der Waals surface area contributed by atoms with E-state index in [-0.39, 0.29) is 6.61 Å². The molecule has 2 N–H and O–H groups in total. The Labute approximate surface area is 75.4 Å². The average molecular weight is 169 g/mol. The minimum atomic E-state index is 0.244. The van der Waals surface area contributed by atoms with Crippen LogP contribution in [0.3, 0.4) is 0 Å². The van der Waals surface area contributed by atoms with E-state index < -0.39 is 0 Å². The maximum atomic E-state index is 8.84. The lowest BCUT2D eigenvalue weighted by molar-refractivity contribution is 0.208. The Balaban J connectivity index is 3.40. The predicted octanol–water partition coefficient (Wildman–Crippen LogP) is 1.01. The number of aliphatic hydroxyl groups excluding tert-OH is 1. The van der Waals surface area contributed by atoms with Gasteiger partial charge in [-0.1, -0.05) is 6.92 Å². The normalized spacial score (nSPS) is 14.7. The highest BCUT2D eigenvalue weighted by molar-refractivity contribution is 4.95. The smallest absolute Gasteiger partial charge is 0.0471 e. The first-order valence-electron chi connectivity index (χ1n) is 4.46. The van der Waals surface area contributed by atoms with Crippen LogP contribution in [0.2, 0.25) is 0 Å². The van der Waals surface area contributed by atoms with Gasteiger partial charge in [0.15, 0.2) is 0 Å². The van der Waals surface area contributed by atoms with Crippen LogP contribution < -0.4 is 5.32 Å². The molecule has 0 rings (SSSR count). The molecule has 0 aromatic heterocycles. The Morgan fingerprint density at radius 2 is 2.08 bits per heavy atom. The molecule has 2 unspecified atom stereocenters. The summed E-state index contributed by atoms with van der Waals surface area (Å²) in [7, 11) is 0. The lowest BCUT2D eigenvalue weighted by atomic mass is 10.1. The summed E-state index contributed by atoms with van der Waals surface area (Å²) in [5.74, 6) is 6.15. The van der Waals surface area contributed by atoms with Gasteiger partial charge in [0.1, 0.15) is 0 Å². The first kappa shape index (κ1) is 11.5. The molecule has 0 fully saturated rings. The number of hydrogen-bond acceptors (Lipinski definition) is 2. The zero-order valence-corrected chi connectivity index (χ0v) is 8.22. The van der Waals surface area contributed by atoms with Gasteiger partial charge in [0.05, 0.1) is 0 Å². The van der Waals surface area contributed by atoms with Crippen molar-refractivity contribution in [3.63, 3.8) is 0 Å². The summed E-state index contributed by atoms with van der Waals surface area (Å²) in [6, 6.07) is 0.369. The summed E-state index contributed by atoms with van der Waals surface area (Å²) in [5, 5.41) is 12.1. The van der Waals surface area contributed by atoms with E-state index in [0.717, 1.165) is 13.0 Å². The van der Waals surface area contributed by atoms with E-state index in [1.54, 1.807) is 0 Å². The fourth-order valence-corrected chi connectivity index (χ4v) is 0.847. The Kier molecular flexibility index (Phi) is 6.84. The van der Waals surface area contributed by atoms with Crippen molar-refractivity contribution in [1.29, 1.82) is 0 Å². The van der Waals surface area contributed by atoms with E-state index in [4.69, 9.17) is 5.11 Å². The van der Waals surface area contributed by atoms with Gasteiger partial charge in [-0.05, 0) is 19.8 Å². The van der Waals surface area contributed by atoms with Gasteiger partial charge in [-0.3, -0.25) is 0 Å². The van der Waals surface area contributed by atoms with Crippen LogP contribution in [0.5, 0.6) is 0 Å². The molecule has 0 bridgehead atoms. The minimum Gasteiger partial charge on any atom is -0.396 e. The summed E-state index contributed by atoms with van der Waals surface area (Å²) in [6.07, 6.45) is 0.888. The fourth-order valence-electron chi connectivity index (χ4n) is 0.847. The number of rotatable bonds is 5. The molecule has 0 aliphatic carbocycles. The summed E-state index contributed by atoms with van der Waals surface area (Å²) >= 11 is 0. The molecule has 0 heterocycles. The molecule has 0 aromatic carbocycles. The Morgan fingerprint density at radius 3 is 2.58 bits per heavy atom. The zero-order valence-electron chi connectivity index (χ0n) is 8.22. The van der Waals surface area contributed by atoms with Crippen LogP contribution in [-0.4, -0.2) is 24.3 Å². The van der Waals surface area contributed by atoms with Crippen molar-refractivity contribution >= 4 is 0 Å². The number of hydrogen-bond donors (Lipinski definition) is 2. The molecule has 12 heavy (non-hydrogen) atoms. The molecule has 0 aliphatic heterocycles. The monoisotopic (exact) mass is 169 g/mol. The third-order valence-electron chi connectivity index (χ3n) is 2.03. The summed E-state index contributed by atoms with van der Waals surface area (Å²) < 4.78 is 0. The Bertz CT molecular complexity index is 157. The third-order valence-corrected chi connectivity index (χ3v) is 2.03. The van der Waals surface area contributed by atoms with E-state index >= 15 is 0 Å². The van der Waals surface area contributed by atoms with Crippen molar-refractivity contribution in [3.05, 3.63) is 0 Å². The molecule has 0 spiro atoms. The lowest BCUT2D eigenvalue weighted by Gasteiger charge is -2.18. The maximum Gasteiger partial charge on any atom is 0.0471 e. The van der Waals surface area contributed by atoms with E-state index in [1.165, 1.54) is 0 Å². The average Bonchev–Trinajstić information content (AvgIpc) is 2.10. The van der Waals surface area contributed by atoms with Crippen molar-refractivity contribution in [2.75, 3.05) is 13.2 Å². The van der Waals surface area contributed by atoms with Gasteiger partial charge < -0.3 is 10.4 Å². The van der Waals surface area contributed by atoms with Crippen LogP contribution in [-0.2, 0) is 0 Å². The Morgan fingerprint density at radius 1 is 1.42 bits per heavy atom. The molecule has 2 heteroatoms. The molecular formula is C10H19NO. The Hall–Kier alpha value is -0.520. The SMILES string of the molecule is CC#CCCNC(C)C(C)CO. The molecule has 2 nitrogen and oxygen atoms in total. The van der Waals surface area contributed by atoms with E-state index in [0.29, 0.717) is 12.0 Å². The van der Waals surface area contributed by atoms with E-state index in [9.17, 15) is 0 Å². The maximum absolute atomic E-state index is 8.84. The largest absolute Gasteiger partial charge is 0.396 e. The predicted molar refractivity (Wildman–Crippen MR) is 51.8 cm³/mol. The molecule has 70 valence electrons. The van der Waals surface area contributed by atoms with Gasteiger partial charge in [-0.15, -0.1) is 11.8 Å². The molecular weight excluding hydrogens is 150 g/mol. The number of nitrogens with one attached hydrogen (secondary N) is 1. The van der Waals surface area contributed by atoms with Crippen molar-refractivity contribution in [3.8, 4) is 11.8 Å². The highest BCUT2D eigenvalue weighted by Crippen LogP contribution is 1.99. The topological polar surface area (TPSA) is 32.3 Å². The van der Waals surface area contributed by atoms with Gasteiger partial charge >= 0.3 is 0 Å². The fraction of sp³-hybridized carbons (Fsp3) is 0.800. The van der Waals surface area contributed by atoms with Crippen molar-refractivity contribution in [2.45, 2.75) is 33.2 Å². The molecule has 0 saturated heterocycles. The van der Waals surface area contributed by atoms with Crippen LogP contribution >= 0.6 is 0 Å². The second-order valence-electron chi connectivity index (χ2n) is 3.08. The molecule has 0 radical (unpaired) electrons. The minimum absolute atomic E-state index is 0.244. The molecule has 0 aliphatic rings. The second-order valence-corrected chi connectivity index (χ2v) is 3.08. The van der Waals surface area contributed by atoms with Gasteiger partial charge in [0.2, 0.25) is 0 Å². The van der Waals surface area contributed by atoms with Gasteiger partial charge in [0.25, 0.3) is 0 Å². The zero-order chi connectivity index (χ0) is 9.40. The van der Waals surface area contributed by atoms with Crippen LogP contribution in [0.1, 0.15) is 27.2 Å². The standard InChI is InChI=1S/C10H19NO/c1-4-5-6-7-11-10(3)9(2)8-12/h9-12H,6-8H2,1-3H3. The second kappa shape index (κ2) is 7.15. The van der Waals surface area contributed by atoms with Crippen LogP contribution in [0.4, 0.5) is 0 Å². The highest BCUT2D eigenvalue weighted by Gasteiger charge is 2.08. The lowest BCUT2D eigenvalue weighted by Crippen LogP contribution is -2.34. The van der Waals surface area contributed by atoms with Crippen LogP contribution in [0.15, 0.2) is 0 Å². The van der Waals surface area contributed by atoms with Gasteiger partial charge in [-0.2, -0.15) is 0 Å². The van der Waals surface area contributed by atoms with Crippen LogP contribution in [0, 0.1) is 17.8 Å². The van der Waals surface area contributed by atoms with Gasteiger partial charge in [0, 0.05) is 25.6 Å². The van der Waals surface area contributed by atoms with E-state index in [2.05, 4.69) is 24.1 Å². The molecule has 0 amide bonds. The summed E-state index contributed by atoms with van der Waals surface area (Å²) in [5.41, 5.74) is 0. The molecule has 0 aromatic rings. The first-order chi connectivity index (χ1) is 5.72.